The third kappa shape index (κ3) is 19.6. The summed E-state index contributed by atoms with van der Waals surface area (Å²) in [6.45, 7) is 2.88. The van der Waals surface area contributed by atoms with Crippen LogP contribution in [0.5, 0.6) is 0 Å². The van der Waals surface area contributed by atoms with Crippen molar-refractivity contribution >= 4 is 69.8 Å². The molecule has 370 valence electrons. The minimum Gasteiger partial charge on any atom is -0.386 e. The van der Waals surface area contributed by atoms with Crippen molar-refractivity contribution < 1.29 is 80.5 Å². The van der Waals surface area contributed by atoms with Gasteiger partial charge in [-0.2, -0.15) is 16.1 Å². The van der Waals surface area contributed by atoms with Crippen molar-refractivity contribution in [1.29, 1.82) is 0 Å². The molecule has 3 heterocycles. The SMILES string of the molecule is CCCCCCCCCCCCC(=O)CSCCNC(=O)CCNC(=O)[C@@H](O)C(C)(C)COP(=O)(O)OP(=O)(O)OC[C@H]1O[C@@H](n2cnc3c(N)ncnc32)[C@H](O)[C@@H]1OP(=O)(O)O.[Cf]. The van der Waals surface area contributed by atoms with Gasteiger partial charge in [-0.25, -0.2) is 28.6 Å². The third-order valence-corrected chi connectivity index (χ3v) is 13.8. The molecule has 1 fully saturated rings. The molecule has 0 aromatic carbocycles. The number of aliphatic hydroxyl groups is 2. The van der Waals surface area contributed by atoms with Crippen LogP contribution in [-0.2, 0) is 50.7 Å². The number of nitrogens with zero attached hydrogens (tertiary/aromatic N) is 4. The summed E-state index contributed by atoms with van der Waals surface area (Å²) in [5.74, 6) is -0.306. The van der Waals surface area contributed by atoms with Crippen LogP contribution in [0.3, 0.4) is 0 Å². The van der Waals surface area contributed by atoms with Crippen LogP contribution in [0.15, 0.2) is 12.7 Å². The molecular weight excluding hydrogens is 1170 g/mol. The second-order valence-corrected chi connectivity index (χ2v) is 20.9. The quantitative estimate of drug-likeness (QED) is 0.0375. The van der Waals surface area contributed by atoms with Gasteiger partial charge >= 0.3 is 23.5 Å². The average Bonchev–Trinajstić information content (AvgIpc) is 3.76. The van der Waals surface area contributed by atoms with Gasteiger partial charge < -0.3 is 50.9 Å². The number of Topliss-reactive ketones (excluding diaryl/α,β-unsaturated/α-hetero) is 1. The van der Waals surface area contributed by atoms with Gasteiger partial charge in [0.2, 0.25) is 11.8 Å². The number of hydrogen-bond acceptors (Lipinski definition) is 18. The Labute approximate surface area is 369 Å². The van der Waals surface area contributed by atoms with E-state index in [-0.39, 0.29) is 41.6 Å². The zero-order valence-corrected chi connectivity index (χ0v) is 42.0. The fourth-order valence-corrected chi connectivity index (χ4v) is 9.86. The van der Waals surface area contributed by atoms with Gasteiger partial charge in [0, 0.05) is 37.1 Å². The summed E-state index contributed by atoms with van der Waals surface area (Å²) >= 11 is 1.43. The molecule has 0 saturated carbocycles. The molecule has 2 aromatic rings. The predicted octanol–water partition coefficient (Wildman–Crippen LogP) is 3.02. The van der Waals surface area contributed by atoms with Crippen LogP contribution >= 0.6 is 35.2 Å². The number of nitrogens with two attached hydrogens (primary N) is 1. The number of imidazole rings is 1. The summed E-state index contributed by atoms with van der Waals surface area (Å²) < 4.78 is 62.3. The Morgan fingerprint density at radius 1 is 0.922 bits per heavy atom. The van der Waals surface area contributed by atoms with Gasteiger partial charge in [0.25, 0.3) is 0 Å². The second-order valence-electron chi connectivity index (χ2n) is 15.6. The third-order valence-electron chi connectivity index (χ3n) is 9.72. The number of carbonyl (C=O) groups is 3. The summed E-state index contributed by atoms with van der Waals surface area (Å²) in [5.41, 5.74) is 4.29. The Morgan fingerprint density at radius 2 is 1.55 bits per heavy atom. The minimum atomic E-state index is -5.57. The summed E-state index contributed by atoms with van der Waals surface area (Å²) in [4.78, 5) is 88.1. The molecule has 2 amide bonds. The van der Waals surface area contributed by atoms with E-state index in [1.807, 2.05) is 0 Å². The van der Waals surface area contributed by atoms with Crippen LogP contribution in [0.1, 0.15) is 104 Å². The molecule has 2 unspecified atom stereocenters. The van der Waals surface area contributed by atoms with Gasteiger partial charge in [-0.15, -0.1) is 0 Å². The van der Waals surface area contributed by atoms with Crippen molar-refractivity contribution in [2.45, 2.75) is 128 Å². The number of aromatic nitrogens is 4. The number of anilines is 1. The maximum atomic E-state index is 12.7. The molecule has 2 aromatic heterocycles. The van der Waals surface area contributed by atoms with Crippen LogP contribution in [-0.4, -0.2) is 129 Å². The molecule has 1 saturated heterocycles. The molecule has 1 aliphatic rings. The molecule has 3 rings (SSSR count). The summed E-state index contributed by atoms with van der Waals surface area (Å²) in [7, 11) is -16.4. The fourth-order valence-electron chi connectivity index (χ4n) is 6.27. The first-order valence-corrected chi connectivity index (χ1v) is 26.2. The molecule has 0 aliphatic carbocycles. The van der Waals surface area contributed by atoms with E-state index >= 15 is 0 Å². The second kappa shape index (κ2) is 26.6. The number of nitrogen functional groups attached to an aromatic ring is 1. The first-order valence-electron chi connectivity index (χ1n) is 20.5. The number of fused-ring (bicyclic) bond motifs is 1. The summed E-state index contributed by atoms with van der Waals surface area (Å²) in [5, 5.41) is 26.6. The number of phosphoric ester groups is 3. The van der Waals surface area contributed by atoms with E-state index in [2.05, 4.69) is 41.3 Å². The van der Waals surface area contributed by atoms with Crippen LogP contribution in [0.4, 0.5) is 5.82 Å². The molecule has 7 atom stereocenters. The van der Waals surface area contributed by atoms with E-state index in [9.17, 15) is 57.9 Å². The van der Waals surface area contributed by atoms with Crippen molar-refractivity contribution in [1.82, 2.24) is 30.2 Å². The molecule has 24 nitrogen and oxygen atoms in total. The Kier molecular flexibility index (Phi) is 23.6. The number of ether oxygens (including phenoxy) is 1. The van der Waals surface area contributed by atoms with Crippen molar-refractivity contribution in [3.05, 3.63) is 12.7 Å². The minimum absolute atomic E-state index is 0. The van der Waals surface area contributed by atoms with E-state index < -0.39 is 78.6 Å². The van der Waals surface area contributed by atoms with Gasteiger partial charge in [0.15, 0.2) is 17.7 Å². The smallest absolute Gasteiger partial charge is 0.386 e. The van der Waals surface area contributed by atoms with E-state index in [1.165, 1.54) is 70.6 Å². The number of phosphoric acid groups is 3. The molecule has 1 aliphatic heterocycles. The maximum absolute atomic E-state index is 12.7. The van der Waals surface area contributed by atoms with E-state index in [1.54, 1.807) is 0 Å². The van der Waals surface area contributed by atoms with Gasteiger partial charge in [-0.05, 0) is 6.42 Å². The monoisotopic (exact) mass is 1230 g/mol. The van der Waals surface area contributed by atoms with Crippen LogP contribution < -0.4 is 16.4 Å². The number of thioether (sulfide) groups is 1. The first kappa shape index (κ1) is 56.7. The van der Waals surface area contributed by atoms with Crippen molar-refractivity contribution in [2.24, 2.45) is 5.41 Å². The largest absolute Gasteiger partial charge is 0.481 e. The molecule has 29 heteroatoms. The Balaban J connectivity index is 0.0000141. The zero-order chi connectivity index (χ0) is 46.8. The van der Waals surface area contributed by atoms with Gasteiger partial charge in [-0.1, -0.05) is 78.6 Å². The van der Waals surface area contributed by atoms with Crippen molar-refractivity contribution in [3.63, 3.8) is 0 Å². The molecule has 0 bridgehead atoms. The number of aliphatic hydroxyl groups excluding tert-OH is 2. The normalized spacial score (nSPS) is 20.3. The fraction of sp³-hybridized carbons (Fsp3) is 0.771. The summed E-state index contributed by atoms with van der Waals surface area (Å²) in [6.07, 6.45) is 5.67. The van der Waals surface area contributed by atoms with E-state index in [0.717, 1.165) is 36.5 Å². The number of unbranched alkanes of at least 4 members (excludes halogenated alkanes) is 9. The van der Waals surface area contributed by atoms with Crippen molar-refractivity contribution in [2.75, 3.05) is 43.5 Å². The summed E-state index contributed by atoms with van der Waals surface area (Å²) in [6, 6.07) is 0. The zero-order valence-electron chi connectivity index (χ0n) is 35.9. The Hall–Kier alpha value is -3.44. The van der Waals surface area contributed by atoms with Crippen LogP contribution in [0, 0.1) is 5.41 Å². The predicted molar refractivity (Wildman–Crippen MR) is 228 cm³/mol. The number of nitrogens with one attached hydrogen (secondary N) is 2. The maximum Gasteiger partial charge on any atom is 0.481 e. The molecule has 0 spiro atoms. The standard InChI is InChI=1S/C35H62N7O17P3S.Cf/c1-4-5-6-7-8-9-10-11-12-13-14-24(43)20-63-18-17-37-26(44)15-16-38-33(47)30(46)35(2,3)21-56-62(53,54)59-61(51,52)55-19-25-29(58-60(48,49)50)28(45)34(57-25)42-23-41-27-31(36)39-22-40-32(27)42;/h22-23,25,28-30,34,45-46H,4-21H2,1-3H3,(H,37,44)(H,38,47)(H,51,52)(H,53,54)(H2,36,39,40)(H2,48,49,50);/t25-,28-,29-,30-,34-;/m1./s1. The molecule has 64 heavy (non-hydrogen) atoms. The van der Waals surface area contributed by atoms with Crippen LogP contribution in [0.25, 0.3) is 11.2 Å². The topological polar surface area (TPSA) is 364 Å². The number of hydrogen-bond donors (Lipinski definition) is 9. The Morgan fingerprint density at radius 3 is 2.19 bits per heavy atom. The Bertz CT molecular complexity index is 1930. The van der Waals surface area contributed by atoms with Gasteiger partial charge in [0.1, 0.15) is 42.0 Å². The molecular formula is C35H62CfN7O17P3S. The molecule has 10 N–H and O–H groups in total. The number of carbonyl (C=O) groups excluding carboxylic acids is 3. The number of ketones is 1. The van der Waals surface area contributed by atoms with Crippen LogP contribution in [0.2, 0.25) is 0 Å². The average molecular weight is 1230 g/mol. The van der Waals surface area contributed by atoms with E-state index in [0.29, 0.717) is 24.5 Å². The first-order chi connectivity index (χ1) is 29.6. The van der Waals surface area contributed by atoms with E-state index in [4.69, 9.17) is 19.5 Å². The number of amides is 2. The van der Waals surface area contributed by atoms with Gasteiger partial charge in [0.05, 0.1) is 25.3 Å². The van der Waals surface area contributed by atoms with Gasteiger partial charge in [-0.3, -0.25) is 32.5 Å². The van der Waals surface area contributed by atoms with Crippen molar-refractivity contribution in [3.8, 4) is 0 Å². The molecule has 0 radical (unpaired) electrons. The number of rotatable bonds is 32.